The van der Waals surface area contributed by atoms with Gasteiger partial charge >= 0.3 is 0 Å². The Hall–Kier alpha value is -2.24. The maximum atomic E-state index is 13.5. The van der Waals surface area contributed by atoms with Crippen molar-refractivity contribution in [1.29, 1.82) is 0 Å². The van der Waals surface area contributed by atoms with Crippen LogP contribution in [-0.2, 0) is 4.79 Å². The highest BCUT2D eigenvalue weighted by atomic mass is 19.1. The van der Waals surface area contributed by atoms with Crippen molar-refractivity contribution in [2.75, 3.05) is 39.3 Å². The van der Waals surface area contributed by atoms with Crippen LogP contribution in [-0.4, -0.2) is 65.9 Å². The number of carbonyl (C=O) groups excluding carboxylic acids is 1. The molecule has 2 aliphatic heterocycles. The molecule has 1 unspecified atom stereocenters. The van der Waals surface area contributed by atoms with Gasteiger partial charge in [0.05, 0.1) is 12.1 Å². The minimum absolute atomic E-state index is 0.0531. The lowest BCUT2D eigenvalue weighted by atomic mass is 9.96. The summed E-state index contributed by atoms with van der Waals surface area (Å²) in [5.74, 6) is 0.0863. The van der Waals surface area contributed by atoms with Gasteiger partial charge < -0.3 is 4.90 Å². The molecule has 2 fully saturated rings. The molecule has 0 saturated carbocycles. The molecule has 4 nitrogen and oxygen atoms in total. The van der Waals surface area contributed by atoms with Gasteiger partial charge in [-0.25, -0.2) is 4.39 Å². The zero-order chi connectivity index (χ0) is 20.9. The van der Waals surface area contributed by atoms with E-state index in [1.807, 2.05) is 30.3 Å². The van der Waals surface area contributed by atoms with Crippen molar-refractivity contribution in [3.05, 3.63) is 71.5 Å². The molecule has 4 rings (SSSR count). The van der Waals surface area contributed by atoms with Gasteiger partial charge in [-0.1, -0.05) is 55.8 Å². The number of halogens is 1. The van der Waals surface area contributed by atoms with E-state index in [2.05, 4.69) is 33.8 Å². The molecule has 2 aromatic rings. The molecule has 1 amide bonds. The lowest BCUT2D eigenvalue weighted by molar-refractivity contribution is -0.140. The summed E-state index contributed by atoms with van der Waals surface area (Å²) in [6, 6.07) is 17.3. The van der Waals surface area contributed by atoms with Gasteiger partial charge in [0.2, 0.25) is 5.91 Å². The smallest absolute Gasteiger partial charge is 0.240 e. The Morgan fingerprint density at radius 1 is 0.933 bits per heavy atom. The average Bonchev–Trinajstić information content (AvgIpc) is 2.81. The predicted molar refractivity (Wildman–Crippen MR) is 118 cm³/mol. The highest BCUT2D eigenvalue weighted by molar-refractivity contribution is 5.82. The monoisotopic (exact) mass is 409 g/mol. The second kappa shape index (κ2) is 9.71. The molecular weight excluding hydrogens is 377 g/mol. The largest absolute Gasteiger partial charge is 0.339 e. The molecule has 0 bridgehead atoms. The van der Waals surface area contributed by atoms with E-state index in [4.69, 9.17) is 0 Å². The summed E-state index contributed by atoms with van der Waals surface area (Å²) in [4.78, 5) is 20.0. The number of amides is 1. The van der Waals surface area contributed by atoms with E-state index in [-0.39, 0.29) is 17.9 Å². The van der Waals surface area contributed by atoms with Crippen LogP contribution in [0.5, 0.6) is 0 Å². The van der Waals surface area contributed by atoms with Crippen molar-refractivity contribution < 1.29 is 9.18 Å². The Morgan fingerprint density at radius 3 is 2.27 bits per heavy atom. The number of rotatable bonds is 5. The first-order valence-corrected chi connectivity index (χ1v) is 11.2. The molecule has 5 heteroatoms. The van der Waals surface area contributed by atoms with Gasteiger partial charge in [-0.05, 0) is 49.2 Å². The Labute approximate surface area is 179 Å². The van der Waals surface area contributed by atoms with Crippen LogP contribution in [0.3, 0.4) is 0 Å². The fourth-order valence-electron chi connectivity index (χ4n) is 4.95. The third kappa shape index (κ3) is 4.57. The number of hydrogen-bond donors (Lipinski definition) is 0. The zero-order valence-corrected chi connectivity index (χ0v) is 17.8. The van der Waals surface area contributed by atoms with E-state index >= 15 is 0 Å². The number of piperidine rings is 1. The van der Waals surface area contributed by atoms with Crippen molar-refractivity contribution in [1.82, 2.24) is 14.7 Å². The average molecular weight is 410 g/mol. The maximum absolute atomic E-state index is 13.5. The second-order valence-corrected chi connectivity index (χ2v) is 8.37. The van der Waals surface area contributed by atoms with Gasteiger partial charge in [0.15, 0.2) is 0 Å². The molecule has 2 aromatic carbocycles. The van der Waals surface area contributed by atoms with Gasteiger partial charge in [0, 0.05) is 26.2 Å². The second-order valence-electron chi connectivity index (χ2n) is 8.37. The minimum Gasteiger partial charge on any atom is -0.339 e. The summed E-state index contributed by atoms with van der Waals surface area (Å²) >= 11 is 0. The van der Waals surface area contributed by atoms with E-state index < -0.39 is 0 Å². The molecule has 2 heterocycles. The molecule has 30 heavy (non-hydrogen) atoms. The van der Waals surface area contributed by atoms with Gasteiger partial charge in [-0.3, -0.25) is 14.6 Å². The minimum atomic E-state index is -0.214. The first-order chi connectivity index (χ1) is 14.7. The number of nitrogens with zero attached hydrogens (tertiary/aromatic N) is 3. The molecule has 0 N–H and O–H groups in total. The van der Waals surface area contributed by atoms with E-state index in [1.54, 1.807) is 0 Å². The van der Waals surface area contributed by atoms with E-state index in [0.29, 0.717) is 5.91 Å². The molecule has 2 aliphatic rings. The molecular formula is C25H32FN3O. The van der Waals surface area contributed by atoms with Gasteiger partial charge in [0.25, 0.3) is 0 Å². The molecule has 0 radical (unpaired) electrons. The lowest BCUT2D eigenvalue weighted by Crippen LogP contribution is -2.56. The number of piperazine rings is 1. The standard InChI is InChI=1S/C25H32FN3O/c1-2-27-15-7-6-10-23(27)25(30)29-18-16-28(17-19-29)24(20-8-4-3-5-9-20)21-11-13-22(26)14-12-21/h3-5,8-9,11-14,23-24H,2,6-7,10,15-19H2,1H3/t23-,24?/m0/s1. The molecule has 0 spiro atoms. The molecule has 0 aromatic heterocycles. The molecule has 2 atom stereocenters. The van der Waals surface area contributed by atoms with Crippen LogP contribution in [0.25, 0.3) is 0 Å². The van der Waals surface area contributed by atoms with Gasteiger partial charge in [-0.2, -0.15) is 0 Å². The highest BCUT2D eigenvalue weighted by Gasteiger charge is 2.34. The third-order valence-corrected chi connectivity index (χ3v) is 6.60. The van der Waals surface area contributed by atoms with Crippen molar-refractivity contribution in [3.8, 4) is 0 Å². The quantitative estimate of drug-likeness (QED) is 0.749. The predicted octanol–water partition coefficient (Wildman–Crippen LogP) is 3.93. The van der Waals surface area contributed by atoms with Crippen molar-refractivity contribution in [3.63, 3.8) is 0 Å². The summed E-state index contributed by atoms with van der Waals surface area (Å²) in [6.45, 7) is 7.26. The SMILES string of the molecule is CCN1CCCC[C@H]1C(=O)N1CCN(C(c2ccccc2)c2ccc(F)cc2)CC1. The number of benzene rings is 2. The first kappa shape index (κ1) is 21.0. The molecule has 0 aliphatic carbocycles. The maximum Gasteiger partial charge on any atom is 0.240 e. The first-order valence-electron chi connectivity index (χ1n) is 11.2. The Balaban J connectivity index is 1.47. The highest BCUT2D eigenvalue weighted by Crippen LogP contribution is 2.30. The van der Waals surface area contributed by atoms with Crippen LogP contribution in [0.15, 0.2) is 54.6 Å². The number of hydrogen-bond acceptors (Lipinski definition) is 3. The molecule has 160 valence electrons. The van der Waals surface area contributed by atoms with Crippen LogP contribution in [0.1, 0.15) is 43.4 Å². The molecule has 2 saturated heterocycles. The Morgan fingerprint density at radius 2 is 1.60 bits per heavy atom. The summed E-state index contributed by atoms with van der Waals surface area (Å²) in [5.41, 5.74) is 2.29. The van der Waals surface area contributed by atoms with E-state index in [0.717, 1.165) is 57.7 Å². The number of likely N-dealkylation sites (N-methyl/N-ethyl adjacent to an activating group) is 1. The lowest BCUT2D eigenvalue weighted by Gasteiger charge is -2.42. The Kier molecular flexibility index (Phi) is 6.80. The third-order valence-electron chi connectivity index (χ3n) is 6.60. The van der Waals surface area contributed by atoms with E-state index in [9.17, 15) is 9.18 Å². The van der Waals surface area contributed by atoms with Crippen LogP contribution in [0.2, 0.25) is 0 Å². The number of likely N-dealkylation sites (tertiary alicyclic amines) is 1. The fraction of sp³-hybridized carbons (Fsp3) is 0.480. The zero-order valence-electron chi connectivity index (χ0n) is 17.8. The summed E-state index contributed by atoms with van der Waals surface area (Å²) in [5, 5.41) is 0. The Bertz CT molecular complexity index is 818. The fourth-order valence-corrected chi connectivity index (χ4v) is 4.95. The summed E-state index contributed by atoms with van der Waals surface area (Å²) < 4.78 is 13.5. The van der Waals surface area contributed by atoms with Gasteiger partial charge in [-0.15, -0.1) is 0 Å². The van der Waals surface area contributed by atoms with Crippen LogP contribution >= 0.6 is 0 Å². The normalized spacial score (nSPS) is 22.1. The topological polar surface area (TPSA) is 26.8 Å². The van der Waals surface area contributed by atoms with Gasteiger partial charge in [0.1, 0.15) is 5.82 Å². The number of carbonyl (C=O) groups is 1. The van der Waals surface area contributed by atoms with Crippen molar-refractivity contribution in [2.45, 2.75) is 38.3 Å². The van der Waals surface area contributed by atoms with Crippen molar-refractivity contribution >= 4 is 5.91 Å². The summed E-state index contributed by atoms with van der Waals surface area (Å²) in [7, 11) is 0. The van der Waals surface area contributed by atoms with Crippen LogP contribution in [0, 0.1) is 5.82 Å². The van der Waals surface area contributed by atoms with Crippen LogP contribution in [0.4, 0.5) is 4.39 Å². The van der Waals surface area contributed by atoms with Crippen LogP contribution < -0.4 is 0 Å². The summed E-state index contributed by atoms with van der Waals surface area (Å²) in [6.07, 6.45) is 3.32. The van der Waals surface area contributed by atoms with Crippen molar-refractivity contribution in [2.24, 2.45) is 0 Å². The van der Waals surface area contributed by atoms with E-state index in [1.165, 1.54) is 24.1 Å².